The SMILES string of the molecule is CNc1cc(NC(C)CCO)ncn1. The molecule has 0 fully saturated rings. The summed E-state index contributed by atoms with van der Waals surface area (Å²) in [7, 11) is 1.81. The normalized spacial score (nSPS) is 12.2. The van der Waals surface area contributed by atoms with E-state index in [9.17, 15) is 0 Å². The second-order valence-electron chi connectivity index (χ2n) is 3.10. The maximum Gasteiger partial charge on any atom is 0.131 e. The van der Waals surface area contributed by atoms with Gasteiger partial charge in [0.25, 0.3) is 0 Å². The Kier molecular flexibility index (Phi) is 4.12. The molecule has 1 aromatic rings. The fourth-order valence-corrected chi connectivity index (χ4v) is 1.09. The summed E-state index contributed by atoms with van der Waals surface area (Å²) in [5.41, 5.74) is 0. The second-order valence-corrected chi connectivity index (χ2v) is 3.10. The van der Waals surface area contributed by atoms with E-state index in [0.29, 0.717) is 6.42 Å². The van der Waals surface area contributed by atoms with Crippen molar-refractivity contribution < 1.29 is 5.11 Å². The molecule has 5 nitrogen and oxygen atoms in total. The summed E-state index contributed by atoms with van der Waals surface area (Å²) in [6.07, 6.45) is 2.21. The van der Waals surface area contributed by atoms with Gasteiger partial charge in [-0.2, -0.15) is 0 Å². The fourth-order valence-electron chi connectivity index (χ4n) is 1.09. The molecule has 1 unspecified atom stereocenters. The molecule has 1 rings (SSSR count). The van der Waals surface area contributed by atoms with E-state index in [1.807, 2.05) is 20.0 Å². The van der Waals surface area contributed by atoms with E-state index < -0.39 is 0 Å². The van der Waals surface area contributed by atoms with Gasteiger partial charge in [-0.25, -0.2) is 9.97 Å². The molecule has 0 aliphatic carbocycles. The lowest BCUT2D eigenvalue weighted by molar-refractivity contribution is 0.282. The van der Waals surface area contributed by atoms with Crippen LogP contribution in [0.3, 0.4) is 0 Å². The van der Waals surface area contributed by atoms with Gasteiger partial charge in [-0.05, 0) is 13.3 Å². The Balaban J connectivity index is 2.57. The predicted octanol–water partition coefficient (Wildman–Crippen LogP) is 0.701. The molecule has 0 aliphatic heterocycles. The largest absolute Gasteiger partial charge is 0.396 e. The molecule has 0 bridgehead atoms. The first-order chi connectivity index (χ1) is 6.76. The topological polar surface area (TPSA) is 70.1 Å². The van der Waals surface area contributed by atoms with E-state index in [1.54, 1.807) is 0 Å². The van der Waals surface area contributed by atoms with Crippen molar-refractivity contribution in [2.75, 3.05) is 24.3 Å². The standard InChI is InChI=1S/C9H16N4O/c1-7(3-4-14)13-9-5-8(10-2)11-6-12-9/h5-7,14H,3-4H2,1-2H3,(H2,10,11,12,13). The van der Waals surface area contributed by atoms with Crippen molar-refractivity contribution in [3.8, 4) is 0 Å². The summed E-state index contributed by atoms with van der Waals surface area (Å²) in [5, 5.41) is 14.8. The lowest BCUT2D eigenvalue weighted by Crippen LogP contribution is -2.17. The molecule has 14 heavy (non-hydrogen) atoms. The van der Waals surface area contributed by atoms with E-state index >= 15 is 0 Å². The summed E-state index contributed by atoms with van der Waals surface area (Å²) in [6.45, 7) is 2.18. The third-order valence-electron chi connectivity index (χ3n) is 1.88. The van der Waals surface area contributed by atoms with Crippen LogP contribution < -0.4 is 10.6 Å². The van der Waals surface area contributed by atoms with Gasteiger partial charge in [-0.3, -0.25) is 0 Å². The number of anilines is 2. The van der Waals surface area contributed by atoms with Gasteiger partial charge in [0, 0.05) is 25.8 Å². The highest BCUT2D eigenvalue weighted by molar-refractivity contribution is 5.46. The van der Waals surface area contributed by atoms with Gasteiger partial charge in [0.1, 0.15) is 18.0 Å². The van der Waals surface area contributed by atoms with Crippen molar-refractivity contribution in [2.24, 2.45) is 0 Å². The average molecular weight is 196 g/mol. The Labute approximate surface area is 83.6 Å². The highest BCUT2D eigenvalue weighted by Crippen LogP contribution is 2.09. The van der Waals surface area contributed by atoms with Gasteiger partial charge >= 0.3 is 0 Å². The molecule has 1 heterocycles. The van der Waals surface area contributed by atoms with E-state index in [4.69, 9.17) is 5.11 Å². The minimum atomic E-state index is 0.179. The molecule has 0 amide bonds. The Bertz CT molecular complexity index is 279. The third-order valence-corrected chi connectivity index (χ3v) is 1.88. The van der Waals surface area contributed by atoms with Gasteiger partial charge in [-0.15, -0.1) is 0 Å². The van der Waals surface area contributed by atoms with Crippen molar-refractivity contribution in [1.82, 2.24) is 9.97 Å². The van der Waals surface area contributed by atoms with E-state index in [-0.39, 0.29) is 12.6 Å². The summed E-state index contributed by atoms with van der Waals surface area (Å²) < 4.78 is 0. The Morgan fingerprint density at radius 2 is 2.14 bits per heavy atom. The first kappa shape index (κ1) is 10.7. The fraction of sp³-hybridized carbons (Fsp3) is 0.556. The van der Waals surface area contributed by atoms with Crippen LogP contribution in [0.5, 0.6) is 0 Å². The molecule has 0 saturated heterocycles. The zero-order valence-corrected chi connectivity index (χ0v) is 8.49. The average Bonchev–Trinajstić information content (AvgIpc) is 2.18. The predicted molar refractivity (Wildman–Crippen MR) is 56.4 cm³/mol. The van der Waals surface area contributed by atoms with Gasteiger partial charge in [0.15, 0.2) is 0 Å². The van der Waals surface area contributed by atoms with Crippen molar-refractivity contribution in [1.29, 1.82) is 0 Å². The Morgan fingerprint density at radius 1 is 1.43 bits per heavy atom. The van der Waals surface area contributed by atoms with Crippen LogP contribution in [-0.4, -0.2) is 34.8 Å². The molecule has 0 aromatic carbocycles. The number of aromatic nitrogens is 2. The first-order valence-electron chi connectivity index (χ1n) is 4.63. The molecule has 3 N–H and O–H groups in total. The van der Waals surface area contributed by atoms with Crippen molar-refractivity contribution in [3.05, 3.63) is 12.4 Å². The zero-order chi connectivity index (χ0) is 10.4. The van der Waals surface area contributed by atoms with E-state index in [1.165, 1.54) is 6.33 Å². The molecule has 0 saturated carbocycles. The van der Waals surface area contributed by atoms with Gasteiger partial charge in [0.2, 0.25) is 0 Å². The number of hydrogen-bond acceptors (Lipinski definition) is 5. The number of rotatable bonds is 5. The number of aliphatic hydroxyl groups is 1. The minimum absolute atomic E-state index is 0.179. The van der Waals surface area contributed by atoms with Crippen molar-refractivity contribution >= 4 is 11.6 Å². The molecule has 78 valence electrons. The number of nitrogens with one attached hydrogen (secondary N) is 2. The van der Waals surface area contributed by atoms with Crippen LogP contribution in [0.25, 0.3) is 0 Å². The quantitative estimate of drug-likeness (QED) is 0.646. The summed E-state index contributed by atoms with van der Waals surface area (Å²) >= 11 is 0. The first-order valence-corrected chi connectivity index (χ1v) is 4.63. The summed E-state index contributed by atoms with van der Waals surface area (Å²) in [4.78, 5) is 8.07. The number of nitrogens with zero attached hydrogens (tertiary/aromatic N) is 2. The highest BCUT2D eigenvalue weighted by atomic mass is 16.3. The lowest BCUT2D eigenvalue weighted by Gasteiger charge is -2.13. The van der Waals surface area contributed by atoms with Crippen molar-refractivity contribution in [2.45, 2.75) is 19.4 Å². The summed E-state index contributed by atoms with van der Waals surface area (Å²) in [5.74, 6) is 1.55. The van der Waals surface area contributed by atoms with Crippen LogP contribution in [0.1, 0.15) is 13.3 Å². The van der Waals surface area contributed by atoms with Gasteiger partial charge < -0.3 is 15.7 Å². The van der Waals surface area contributed by atoms with Crippen LogP contribution >= 0.6 is 0 Å². The third kappa shape index (κ3) is 3.18. The number of aliphatic hydroxyl groups excluding tert-OH is 1. The van der Waals surface area contributed by atoms with Crippen LogP contribution in [0.15, 0.2) is 12.4 Å². The van der Waals surface area contributed by atoms with Gasteiger partial charge in [-0.1, -0.05) is 0 Å². The van der Waals surface area contributed by atoms with Crippen molar-refractivity contribution in [3.63, 3.8) is 0 Å². The summed E-state index contributed by atoms with van der Waals surface area (Å²) in [6, 6.07) is 2.04. The molecular formula is C9H16N4O. The monoisotopic (exact) mass is 196 g/mol. The maximum atomic E-state index is 8.73. The Hall–Kier alpha value is -1.36. The zero-order valence-electron chi connectivity index (χ0n) is 8.49. The molecule has 0 radical (unpaired) electrons. The second kappa shape index (κ2) is 5.39. The van der Waals surface area contributed by atoms with Crippen LogP contribution in [0, 0.1) is 0 Å². The van der Waals surface area contributed by atoms with Crippen LogP contribution in [0.2, 0.25) is 0 Å². The minimum Gasteiger partial charge on any atom is -0.396 e. The van der Waals surface area contributed by atoms with Crippen LogP contribution in [-0.2, 0) is 0 Å². The maximum absolute atomic E-state index is 8.73. The molecule has 1 aromatic heterocycles. The van der Waals surface area contributed by atoms with Gasteiger partial charge in [0.05, 0.1) is 0 Å². The molecule has 1 atom stereocenters. The Morgan fingerprint density at radius 3 is 2.79 bits per heavy atom. The highest BCUT2D eigenvalue weighted by Gasteiger charge is 2.02. The molecule has 0 spiro atoms. The van der Waals surface area contributed by atoms with Crippen LogP contribution in [0.4, 0.5) is 11.6 Å². The number of hydrogen-bond donors (Lipinski definition) is 3. The molecule has 0 aliphatic rings. The lowest BCUT2D eigenvalue weighted by atomic mass is 10.2. The van der Waals surface area contributed by atoms with E-state index in [0.717, 1.165) is 11.6 Å². The molecular weight excluding hydrogens is 180 g/mol. The molecule has 5 heteroatoms. The van der Waals surface area contributed by atoms with E-state index in [2.05, 4.69) is 20.6 Å². The smallest absolute Gasteiger partial charge is 0.131 e.